The van der Waals surface area contributed by atoms with Gasteiger partial charge in [0.25, 0.3) is 0 Å². The molecule has 0 bridgehead atoms. The Morgan fingerprint density at radius 3 is 1.47 bits per heavy atom. The number of aromatic carboxylic acids is 4. The molecule has 0 aliphatic heterocycles. The van der Waals surface area contributed by atoms with Gasteiger partial charge in [-0.2, -0.15) is 0 Å². The molecule has 3 aromatic carbocycles. The van der Waals surface area contributed by atoms with Crippen LogP contribution in [0.25, 0.3) is 22.3 Å². The first kappa shape index (κ1) is 21.8. The summed E-state index contributed by atoms with van der Waals surface area (Å²) in [4.78, 5) is 46.0. The van der Waals surface area contributed by atoms with Crippen LogP contribution in [0.4, 0.5) is 0 Å². The highest BCUT2D eigenvalue weighted by molar-refractivity contribution is 6.04. The summed E-state index contributed by atoms with van der Waals surface area (Å²) in [7, 11) is 0. The lowest BCUT2D eigenvalue weighted by Crippen LogP contribution is -2.05. The summed E-state index contributed by atoms with van der Waals surface area (Å²) in [5.74, 6) is -7.02. The predicted molar refractivity (Wildman–Crippen MR) is 108 cm³/mol. The van der Waals surface area contributed by atoms with Crippen LogP contribution in [-0.2, 0) is 0 Å². The first-order chi connectivity index (χ1) is 15.0. The van der Waals surface area contributed by atoms with Gasteiger partial charge in [-0.3, -0.25) is 0 Å². The maximum absolute atomic E-state index is 11.7. The second-order valence-corrected chi connectivity index (χ2v) is 6.60. The summed E-state index contributed by atoms with van der Waals surface area (Å²) in [6, 6.07) is 8.23. The SMILES string of the molecule is O=C(O)c1ccc(C(=O)O)c(-c2ccc(O)c(-c3cc(C(=O)O)ccc3C(=O)O)c2O)c1. The van der Waals surface area contributed by atoms with Gasteiger partial charge in [-0.15, -0.1) is 0 Å². The Labute approximate surface area is 178 Å². The van der Waals surface area contributed by atoms with E-state index in [0.717, 1.165) is 48.5 Å². The van der Waals surface area contributed by atoms with E-state index >= 15 is 0 Å². The van der Waals surface area contributed by atoms with Crippen LogP contribution in [0.3, 0.4) is 0 Å². The van der Waals surface area contributed by atoms with Gasteiger partial charge in [-0.1, -0.05) is 0 Å². The summed E-state index contributed by atoms with van der Waals surface area (Å²) < 4.78 is 0. The van der Waals surface area contributed by atoms with Gasteiger partial charge in [0, 0.05) is 16.7 Å². The Kier molecular flexibility index (Phi) is 5.53. The van der Waals surface area contributed by atoms with Crippen molar-refractivity contribution in [1.82, 2.24) is 0 Å². The molecule has 10 nitrogen and oxygen atoms in total. The Morgan fingerprint density at radius 2 is 1.00 bits per heavy atom. The van der Waals surface area contributed by atoms with Crippen LogP contribution in [-0.4, -0.2) is 54.5 Å². The first-order valence-electron chi connectivity index (χ1n) is 8.79. The van der Waals surface area contributed by atoms with Crippen LogP contribution < -0.4 is 0 Å². The number of carboxylic acids is 4. The molecule has 0 heterocycles. The highest BCUT2D eigenvalue weighted by Gasteiger charge is 2.24. The smallest absolute Gasteiger partial charge is 0.336 e. The minimum absolute atomic E-state index is 0.206. The van der Waals surface area contributed by atoms with Crippen molar-refractivity contribution in [3.63, 3.8) is 0 Å². The molecule has 0 radical (unpaired) electrons. The molecule has 0 atom stereocenters. The van der Waals surface area contributed by atoms with E-state index in [1.165, 1.54) is 0 Å². The fourth-order valence-corrected chi connectivity index (χ4v) is 3.22. The topological polar surface area (TPSA) is 190 Å². The number of carbonyl (C=O) groups is 4. The van der Waals surface area contributed by atoms with E-state index in [0.29, 0.717) is 0 Å². The van der Waals surface area contributed by atoms with Gasteiger partial charge >= 0.3 is 23.9 Å². The molecular weight excluding hydrogens is 424 g/mol. The average molecular weight is 438 g/mol. The van der Waals surface area contributed by atoms with Crippen molar-refractivity contribution in [1.29, 1.82) is 0 Å². The molecule has 0 saturated carbocycles. The number of hydrogen-bond acceptors (Lipinski definition) is 6. The van der Waals surface area contributed by atoms with Crippen molar-refractivity contribution in [2.24, 2.45) is 0 Å². The van der Waals surface area contributed by atoms with E-state index in [2.05, 4.69) is 0 Å². The molecule has 6 N–H and O–H groups in total. The van der Waals surface area contributed by atoms with Gasteiger partial charge in [0.15, 0.2) is 0 Å². The Morgan fingerprint density at radius 1 is 0.531 bits per heavy atom. The third-order valence-electron chi connectivity index (χ3n) is 4.71. The van der Waals surface area contributed by atoms with Crippen LogP contribution in [0.1, 0.15) is 41.4 Å². The lowest BCUT2D eigenvalue weighted by Gasteiger charge is -2.16. The molecular formula is C22H14O10. The second-order valence-electron chi connectivity index (χ2n) is 6.60. The monoisotopic (exact) mass is 438 g/mol. The first-order valence-corrected chi connectivity index (χ1v) is 8.79. The molecule has 0 amide bonds. The normalized spacial score (nSPS) is 10.5. The Bertz CT molecular complexity index is 1310. The lowest BCUT2D eigenvalue weighted by atomic mass is 9.90. The van der Waals surface area contributed by atoms with Gasteiger partial charge in [0.2, 0.25) is 0 Å². The molecule has 162 valence electrons. The molecule has 0 aromatic heterocycles. The summed E-state index contributed by atoms with van der Waals surface area (Å²) in [6.07, 6.45) is 0. The average Bonchev–Trinajstić information content (AvgIpc) is 2.73. The molecule has 0 aliphatic rings. The molecule has 10 heteroatoms. The van der Waals surface area contributed by atoms with Crippen molar-refractivity contribution in [3.8, 4) is 33.8 Å². The molecule has 0 aliphatic carbocycles. The molecule has 0 fully saturated rings. The highest BCUT2D eigenvalue weighted by Crippen LogP contribution is 2.45. The van der Waals surface area contributed by atoms with Gasteiger partial charge in [-0.05, 0) is 48.5 Å². The zero-order chi connectivity index (χ0) is 23.7. The van der Waals surface area contributed by atoms with Crippen molar-refractivity contribution in [3.05, 3.63) is 70.8 Å². The van der Waals surface area contributed by atoms with Crippen molar-refractivity contribution in [2.45, 2.75) is 0 Å². The minimum atomic E-state index is -1.47. The van der Waals surface area contributed by atoms with Crippen LogP contribution in [0.15, 0.2) is 48.5 Å². The molecule has 3 rings (SSSR count). The molecule has 0 spiro atoms. The molecule has 32 heavy (non-hydrogen) atoms. The number of rotatable bonds is 6. The zero-order valence-electron chi connectivity index (χ0n) is 15.9. The third-order valence-corrected chi connectivity index (χ3v) is 4.71. The van der Waals surface area contributed by atoms with Crippen LogP contribution in [0.2, 0.25) is 0 Å². The number of carboxylic acid groups (broad SMARTS) is 4. The summed E-state index contributed by atoms with van der Waals surface area (Å²) in [5.41, 5.74) is -2.61. The Balaban J connectivity index is 2.39. The van der Waals surface area contributed by atoms with Crippen LogP contribution >= 0.6 is 0 Å². The maximum atomic E-state index is 11.7. The van der Waals surface area contributed by atoms with Crippen LogP contribution in [0, 0.1) is 0 Å². The van der Waals surface area contributed by atoms with E-state index in [1.54, 1.807) is 0 Å². The number of benzene rings is 3. The fourth-order valence-electron chi connectivity index (χ4n) is 3.22. The second kappa shape index (κ2) is 8.11. The number of aromatic hydroxyl groups is 2. The number of phenolic OH excluding ortho intramolecular Hbond substituents is 2. The maximum Gasteiger partial charge on any atom is 0.336 e. The van der Waals surface area contributed by atoms with E-state index in [-0.39, 0.29) is 33.4 Å². The summed E-state index contributed by atoms with van der Waals surface area (Å²) >= 11 is 0. The molecule has 3 aromatic rings. The van der Waals surface area contributed by atoms with Crippen molar-refractivity contribution >= 4 is 23.9 Å². The van der Waals surface area contributed by atoms with E-state index in [4.69, 9.17) is 0 Å². The van der Waals surface area contributed by atoms with Crippen LogP contribution in [0.5, 0.6) is 11.5 Å². The fraction of sp³-hybridized carbons (Fsp3) is 0. The van der Waals surface area contributed by atoms with Gasteiger partial charge < -0.3 is 30.6 Å². The molecule has 0 unspecified atom stereocenters. The quantitative estimate of drug-likeness (QED) is 0.333. The predicted octanol–water partition coefficient (Wildman–Crippen LogP) is 3.22. The van der Waals surface area contributed by atoms with Gasteiger partial charge in [0.1, 0.15) is 11.5 Å². The standard InChI is InChI=1S/C22H14O10/c23-16-6-5-11(14-7-9(19(25)26)1-3-12(14)21(29)30)18(24)17(16)15-8-10(20(27)28)2-4-13(15)22(31)32/h1-8,23-24H,(H,25,26)(H,27,28)(H,29,30)(H,31,32). The Hall–Kier alpha value is -4.86. The van der Waals surface area contributed by atoms with Crippen molar-refractivity contribution in [2.75, 3.05) is 0 Å². The zero-order valence-corrected chi connectivity index (χ0v) is 15.9. The summed E-state index contributed by atoms with van der Waals surface area (Å²) in [6.45, 7) is 0. The summed E-state index contributed by atoms with van der Waals surface area (Å²) in [5, 5.41) is 58.7. The highest BCUT2D eigenvalue weighted by atomic mass is 16.4. The van der Waals surface area contributed by atoms with Gasteiger partial charge in [0.05, 0.1) is 27.8 Å². The number of phenols is 2. The van der Waals surface area contributed by atoms with E-state index in [9.17, 15) is 49.8 Å². The van der Waals surface area contributed by atoms with E-state index in [1.807, 2.05) is 0 Å². The van der Waals surface area contributed by atoms with E-state index < -0.39 is 46.5 Å². The number of hydrogen-bond donors (Lipinski definition) is 6. The third kappa shape index (κ3) is 3.79. The minimum Gasteiger partial charge on any atom is -0.507 e. The lowest BCUT2D eigenvalue weighted by molar-refractivity contribution is 0.0681. The largest absolute Gasteiger partial charge is 0.507 e. The molecule has 0 saturated heterocycles. The van der Waals surface area contributed by atoms with Crippen molar-refractivity contribution < 1.29 is 49.8 Å². The van der Waals surface area contributed by atoms with Gasteiger partial charge in [-0.25, -0.2) is 19.2 Å².